The summed E-state index contributed by atoms with van der Waals surface area (Å²) in [5.41, 5.74) is 1.85. The van der Waals surface area contributed by atoms with Gasteiger partial charge in [-0.15, -0.1) is 0 Å². The van der Waals surface area contributed by atoms with Crippen LogP contribution in [0.15, 0.2) is 48.7 Å². The Labute approximate surface area is 175 Å². The molecule has 30 heavy (non-hydrogen) atoms. The lowest BCUT2D eigenvalue weighted by Gasteiger charge is -2.34. The molecule has 2 radical (unpaired) electrons. The van der Waals surface area contributed by atoms with Gasteiger partial charge in [0.1, 0.15) is 13.6 Å². The molecule has 0 saturated carbocycles. The van der Waals surface area contributed by atoms with Crippen LogP contribution >= 0.6 is 0 Å². The van der Waals surface area contributed by atoms with Crippen molar-refractivity contribution in [2.45, 2.75) is 0 Å². The predicted molar refractivity (Wildman–Crippen MR) is 113 cm³/mol. The number of hydrogen-bond donors (Lipinski definition) is 1. The largest absolute Gasteiger partial charge is 0.496 e. The molecule has 1 saturated heterocycles. The van der Waals surface area contributed by atoms with Crippen molar-refractivity contribution in [2.24, 2.45) is 0 Å². The molecule has 1 aliphatic heterocycles. The van der Waals surface area contributed by atoms with Crippen molar-refractivity contribution < 1.29 is 19.1 Å². The van der Waals surface area contributed by atoms with Gasteiger partial charge < -0.3 is 19.5 Å². The lowest BCUT2D eigenvalue weighted by Crippen LogP contribution is -2.52. The standard InChI is InChI=1S/C22H20BN3O4/c1-30-17-8-7-16(23)19-18(17)15(13-24-19)20(27)22(29)26-11-9-25(10-12-26)21(28)14-5-3-2-4-6-14/h2-8,13,24H,9-12H2,1H3. The van der Waals surface area contributed by atoms with E-state index < -0.39 is 11.7 Å². The van der Waals surface area contributed by atoms with Crippen LogP contribution in [-0.4, -0.2) is 73.5 Å². The average molecular weight is 401 g/mol. The van der Waals surface area contributed by atoms with E-state index in [0.29, 0.717) is 53.9 Å². The highest BCUT2D eigenvalue weighted by Gasteiger charge is 2.30. The molecule has 1 fully saturated rings. The Bertz CT molecular complexity index is 1120. The minimum atomic E-state index is -0.631. The summed E-state index contributed by atoms with van der Waals surface area (Å²) in [6.07, 6.45) is 1.49. The van der Waals surface area contributed by atoms with Gasteiger partial charge in [-0.2, -0.15) is 0 Å². The second-order valence-electron chi connectivity index (χ2n) is 7.09. The van der Waals surface area contributed by atoms with Crippen molar-refractivity contribution >= 4 is 41.8 Å². The maximum atomic E-state index is 12.9. The van der Waals surface area contributed by atoms with Gasteiger partial charge in [0.05, 0.1) is 18.1 Å². The smallest absolute Gasteiger partial charge is 0.295 e. The number of ketones is 1. The molecule has 0 spiro atoms. The van der Waals surface area contributed by atoms with Crippen LogP contribution in [-0.2, 0) is 4.79 Å². The van der Waals surface area contributed by atoms with E-state index in [4.69, 9.17) is 12.6 Å². The van der Waals surface area contributed by atoms with Crippen LogP contribution in [0.3, 0.4) is 0 Å². The third kappa shape index (κ3) is 3.45. The molecular weight excluding hydrogens is 381 g/mol. The Balaban J connectivity index is 1.49. The molecule has 150 valence electrons. The molecule has 1 aromatic heterocycles. The fraction of sp³-hybridized carbons (Fsp3) is 0.227. The Morgan fingerprint density at radius 3 is 2.30 bits per heavy atom. The number of aromatic amines is 1. The Kier molecular flexibility index (Phi) is 5.31. The number of amides is 2. The number of nitrogens with one attached hydrogen (secondary N) is 1. The number of fused-ring (bicyclic) bond motifs is 1. The van der Waals surface area contributed by atoms with Crippen LogP contribution in [0.4, 0.5) is 0 Å². The summed E-state index contributed by atoms with van der Waals surface area (Å²) in [5.74, 6) is -0.846. The van der Waals surface area contributed by atoms with Crippen LogP contribution in [0.1, 0.15) is 20.7 Å². The third-order valence-electron chi connectivity index (χ3n) is 5.36. The number of H-pyrrole nitrogens is 1. The molecule has 0 bridgehead atoms. The van der Waals surface area contributed by atoms with Crippen molar-refractivity contribution in [2.75, 3.05) is 33.3 Å². The number of piperazine rings is 1. The SMILES string of the molecule is [B]c1ccc(OC)c2c(C(=O)C(=O)N3CCN(C(=O)c4ccccc4)CC3)c[nH]c12. The quantitative estimate of drug-likeness (QED) is 0.404. The number of Topliss-reactive ketones (excluding diaryl/α,β-unsaturated/α-hetero) is 1. The van der Waals surface area contributed by atoms with Gasteiger partial charge in [-0.1, -0.05) is 29.7 Å². The van der Waals surface area contributed by atoms with Crippen molar-refractivity contribution in [3.63, 3.8) is 0 Å². The molecular formula is C22H20BN3O4. The number of hydrogen-bond acceptors (Lipinski definition) is 4. The van der Waals surface area contributed by atoms with Crippen molar-refractivity contribution in [1.29, 1.82) is 0 Å². The number of carbonyl (C=O) groups excluding carboxylic acids is 3. The van der Waals surface area contributed by atoms with Crippen LogP contribution in [0.5, 0.6) is 5.75 Å². The highest BCUT2D eigenvalue weighted by molar-refractivity contribution is 6.46. The molecule has 0 unspecified atom stereocenters. The van der Waals surface area contributed by atoms with E-state index in [-0.39, 0.29) is 11.5 Å². The first kappa shape index (κ1) is 19.8. The number of carbonyl (C=O) groups is 3. The summed E-state index contributed by atoms with van der Waals surface area (Å²) < 4.78 is 5.34. The molecule has 4 rings (SSSR count). The van der Waals surface area contributed by atoms with Crippen LogP contribution < -0.4 is 10.2 Å². The molecule has 1 aliphatic rings. The highest BCUT2D eigenvalue weighted by atomic mass is 16.5. The minimum Gasteiger partial charge on any atom is -0.496 e. The lowest BCUT2D eigenvalue weighted by molar-refractivity contribution is -0.127. The molecule has 7 nitrogen and oxygen atoms in total. The normalized spacial score (nSPS) is 14.0. The monoisotopic (exact) mass is 401 g/mol. The molecule has 2 amide bonds. The number of methoxy groups -OCH3 is 1. The molecule has 1 N–H and O–H groups in total. The maximum Gasteiger partial charge on any atom is 0.295 e. The minimum absolute atomic E-state index is 0.0779. The summed E-state index contributed by atoms with van der Waals surface area (Å²) in [5, 5.41) is 0.494. The molecule has 8 heteroatoms. The van der Waals surface area contributed by atoms with Crippen LogP contribution in [0, 0.1) is 0 Å². The zero-order valence-corrected chi connectivity index (χ0v) is 16.6. The molecule has 2 heterocycles. The van der Waals surface area contributed by atoms with E-state index in [0.717, 1.165) is 0 Å². The molecule has 2 aromatic carbocycles. The third-order valence-corrected chi connectivity index (χ3v) is 5.36. The van der Waals surface area contributed by atoms with Gasteiger partial charge in [-0.25, -0.2) is 0 Å². The Morgan fingerprint density at radius 1 is 0.967 bits per heavy atom. The summed E-state index contributed by atoms with van der Waals surface area (Å²) in [7, 11) is 7.47. The zero-order valence-electron chi connectivity index (χ0n) is 16.6. The van der Waals surface area contributed by atoms with Crippen LogP contribution in [0.2, 0.25) is 0 Å². The Morgan fingerprint density at radius 2 is 1.63 bits per heavy atom. The number of ether oxygens (including phenoxy) is 1. The summed E-state index contributed by atoms with van der Waals surface area (Å²) in [4.78, 5) is 44.5. The molecule has 0 atom stereocenters. The van der Waals surface area contributed by atoms with Crippen molar-refractivity contribution in [1.82, 2.24) is 14.8 Å². The van der Waals surface area contributed by atoms with Crippen molar-refractivity contribution in [3.8, 4) is 5.75 Å². The van der Waals surface area contributed by atoms with Gasteiger partial charge in [0.25, 0.3) is 17.6 Å². The van der Waals surface area contributed by atoms with Gasteiger partial charge in [0.2, 0.25) is 0 Å². The highest BCUT2D eigenvalue weighted by Crippen LogP contribution is 2.28. The van der Waals surface area contributed by atoms with E-state index >= 15 is 0 Å². The second-order valence-corrected chi connectivity index (χ2v) is 7.09. The van der Waals surface area contributed by atoms with E-state index in [1.807, 2.05) is 18.2 Å². The van der Waals surface area contributed by atoms with Gasteiger partial charge >= 0.3 is 0 Å². The first-order valence-electron chi connectivity index (χ1n) is 9.62. The lowest BCUT2D eigenvalue weighted by atomic mass is 9.92. The fourth-order valence-electron chi connectivity index (χ4n) is 3.72. The number of rotatable bonds is 4. The maximum absolute atomic E-state index is 12.9. The topological polar surface area (TPSA) is 82.7 Å². The van der Waals surface area contributed by atoms with E-state index in [9.17, 15) is 14.4 Å². The van der Waals surface area contributed by atoms with Gasteiger partial charge in [0.15, 0.2) is 0 Å². The molecule has 3 aromatic rings. The zero-order chi connectivity index (χ0) is 21.3. The van der Waals surface area contributed by atoms with Crippen molar-refractivity contribution in [3.05, 3.63) is 59.8 Å². The summed E-state index contributed by atoms with van der Waals surface area (Å²) >= 11 is 0. The first-order valence-corrected chi connectivity index (χ1v) is 9.62. The predicted octanol–water partition coefficient (Wildman–Crippen LogP) is 1.14. The van der Waals surface area contributed by atoms with E-state index in [1.54, 1.807) is 29.2 Å². The van der Waals surface area contributed by atoms with Gasteiger partial charge in [-0.05, 0) is 18.2 Å². The van der Waals surface area contributed by atoms with Gasteiger partial charge in [-0.3, -0.25) is 14.4 Å². The second kappa shape index (κ2) is 8.06. The molecule has 0 aliphatic carbocycles. The number of nitrogens with zero attached hydrogens (tertiary/aromatic N) is 2. The van der Waals surface area contributed by atoms with Gasteiger partial charge in [0, 0.05) is 43.5 Å². The average Bonchev–Trinajstić information content (AvgIpc) is 3.25. The first-order chi connectivity index (χ1) is 14.5. The fourth-order valence-corrected chi connectivity index (χ4v) is 3.72. The Hall–Kier alpha value is -3.55. The summed E-state index contributed by atoms with van der Waals surface area (Å²) in [6.45, 7) is 1.34. The van der Waals surface area contributed by atoms with E-state index in [2.05, 4.69) is 4.98 Å². The number of benzene rings is 2. The van der Waals surface area contributed by atoms with Crippen LogP contribution in [0.25, 0.3) is 10.9 Å². The summed E-state index contributed by atoms with van der Waals surface area (Å²) in [6, 6.07) is 12.4. The van der Waals surface area contributed by atoms with E-state index in [1.165, 1.54) is 18.2 Å². The number of aromatic nitrogens is 1.